The number of likely N-dealkylation sites (tertiary alicyclic amines) is 1. The molecule has 2 aliphatic rings. The Morgan fingerprint density at radius 2 is 1.81 bits per heavy atom. The van der Waals surface area contributed by atoms with E-state index in [1.165, 1.54) is 4.90 Å². The van der Waals surface area contributed by atoms with Crippen LogP contribution in [0.25, 0.3) is 0 Å². The Hall–Kier alpha value is -1.11. The number of aliphatic hydroxyl groups is 1. The van der Waals surface area contributed by atoms with E-state index in [-0.39, 0.29) is 18.4 Å². The molecule has 0 spiro atoms. The molecule has 0 amide bonds. The molecule has 6 heteroatoms. The van der Waals surface area contributed by atoms with Crippen LogP contribution in [0.2, 0.25) is 0 Å². The largest absolute Gasteiger partial charge is 0.404 e. The third kappa shape index (κ3) is 4.59. The first-order chi connectivity index (χ1) is 12.4. The van der Waals surface area contributed by atoms with Crippen LogP contribution in [0.3, 0.4) is 0 Å². The predicted octanol–water partition coefficient (Wildman–Crippen LogP) is 3.36. The smallest absolute Gasteiger partial charge is 0.390 e. The summed E-state index contributed by atoms with van der Waals surface area (Å²) in [4.78, 5) is 1.45. The molecule has 1 aliphatic heterocycles. The third-order valence-corrected chi connectivity index (χ3v) is 6.12. The highest BCUT2D eigenvalue weighted by molar-refractivity contribution is 5.16. The second-order valence-electron chi connectivity index (χ2n) is 7.90. The van der Waals surface area contributed by atoms with Crippen LogP contribution >= 0.6 is 0 Å². The molecule has 0 radical (unpaired) electrons. The number of piperidine rings is 1. The molecule has 146 valence electrons. The first-order valence-corrected chi connectivity index (χ1v) is 9.64. The summed E-state index contributed by atoms with van der Waals surface area (Å²) in [6, 6.07) is 7.49. The molecule has 3 rings (SSSR count). The SMILES string of the molecule is N[C@@H](Cc1ccccc1)[C@H](O)CN1CC[C@@H]2CCCC[C@@H]2[C@@H]1C(F)(F)F. The molecule has 1 aromatic carbocycles. The monoisotopic (exact) mass is 370 g/mol. The van der Waals surface area contributed by atoms with Crippen molar-refractivity contribution in [1.82, 2.24) is 4.90 Å². The Kier molecular flexibility index (Phi) is 6.25. The van der Waals surface area contributed by atoms with Crippen molar-refractivity contribution in [3.8, 4) is 0 Å². The third-order valence-electron chi connectivity index (χ3n) is 6.12. The van der Waals surface area contributed by atoms with Crippen LogP contribution in [0.1, 0.15) is 37.7 Å². The minimum Gasteiger partial charge on any atom is -0.390 e. The first-order valence-electron chi connectivity index (χ1n) is 9.64. The number of halogens is 3. The predicted molar refractivity (Wildman–Crippen MR) is 95.6 cm³/mol. The van der Waals surface area contributed by atoms with Gasteiger partial charge < -0.3 is 10.8 Å². The average Bonchev–Trinajstić information content (AvgIpc) is 2.61. The summed E-state index contributed by atoms with van der Waals surface area (Å²) in [5, 5.41) is 10.5. The number of aliphatic hydroxyl groups excluding tert-OH is 1. The number of nitrogens with two attached hydrogens (primary N) is 1. The molecule has 1 aromatic rings. The maximum absolute atomic E-state index is 13.8. The fraction of sp³-hybridized carbons (Fsp3) is 0.700. The Morgan fingerprint density at radius 3 is 2.50 bits per heavy atom. The van der Waals surface area contributed by atoms with Crippen molar-refractivity contribution in [3.63, 3.8) is 0 Å². The summed E-state index contributed by atoms with van der Waals surface area (Å²) >= 11 is 0. The van der Waals surface area contributed by atoms with Gasteiger partial charge in [0.15, 0.2) is 0 Å². The van der Waals surface area contributed by atoms with Gasteiger partial charge in [0, 0.05) is 12.6 Å². The molecule has 1 aliphatic carbocycles. The molecule has 5 atom stereocenters. The van der Waals surface area contributed by atoms with E-state index in [0.717, 1.165) is 31.2 Å². The number of hydrogen-bond donors (Lipinski definition) is 2. The zero-order valence-electron chi connectivity index (χ0n) is 15.0. The molecule has 26 heavy (non-hydrogen) atoms. The Morgan fingerprint density at radius 1 is 1.12 bits per heavy atom. The van der Waals surface area contributed by atoms with Crippen LogP contribution in [-0.4, -0.2) is 47.5 Å². The summed E-state index contributed by atoms with van der Waals surface area (Å²) in [7, 11) is 0. The summed E-state index contributed by atoms with van der Waals surface area (Å²) < 4.78 is 41.4. The van der Waals surface area contributed by atoms with Gasteiger partial charge in [-0.2, -0.15) is 13.2 Å². The highest BCUT2D eigenvalue weighted by atomic mass is 19.4. The van der Waals surface area contributed by atoms with E-state index in [2.05, 4.69) is 0 Å². The van der Waals surface area contributed by atoms with Crippen molar-refractivity contribution >= 4 is 0 Å². The molecule has 3 nitrogen and oxygen atoms in total. The average molecular weight is 370 g/mol. The number of rotatable bonds is 5. The van der Waals surface area contributed by atoms with Gasteiger partial charge in [-0.05, 0) is 43.2 Å². The molecule has 0 aromatic heterocycles. The second-order valence-corrected chi connectivity index (χ2v) is 7.90. The lowest BCUT2D eigenvalue weighted by molar-refractivity contribution is -0.219. The fourth-order valence-corrected chi connectivity index (χ4v) is 4.80. The first kappa shape index (κ1) is 19.6. The van der Waals surface area contributed by atoms with Crippen molar-refractivity contribution in [2.24, 2.45) is 17.6 Å². The Bertz CT molecular complexity index is 566. The van der Waals surface area contributed by atoms with E-state index in [9.17, 15) is 18.3 Å². The Labute approximate surface area is 153 Å². The topological polar surface area (TPSA) is 49.5 Å². The number of alkyl halides is 3. The zero-order valence-corrected chi connectivity index (χ0v) is 15.0. The van der Waals surface area contributed by atoms with Crippen LogP contribution in [0.5, 0.6) is 0 Å². The lowest BCUT2D eigenvalue weighted by Crippen LogP contribution is -2.59. The number of nitrogens with zero attached hydrogens (tertiary/aromatic N) is 1. The molecular formula is C20H29F3N2O. The van der Waals surface area contributed by atoms with Gasteiger partial charge in [-0.1, -0.05) is 49.6 Å². The molecule has 1 heterocycles. The highest BCUT2D eigenvalue weighted by Gasteiger charge is 2.53. The van der Waals surface area contributed by atoms with E-state index < -0.39 is 24.4 Å². The van der Waals surface area contributed by atoms with Crippen LogP contribution in [0, 0.1) is 11.8 Å². The highest BCUT2D eigenvalue weighted by Crippen LogP contribution is 2.45. The molecular weight excluding hydrogens is 341 g/mol. The molecule has 3 N–H and O–H groups in total. The minimum atomic E-state index is -4.26. The summed E-state index contributed by atoms with van der Waals surface area (Å²) in [6.07, 6.45) is -0.534. The number of fused-ring (bicyclic) bond motifs is 1. The maximum atomic E-state index is 13.8. The lowest BCUT2D eigenvalue weighted by atomic mass is 9.70. The number of hydrogen-bond acceptors (Lipinski definition) is 3. The van der Waals surface area contributed by atoms with Crippen LogP contribution < -0.4 is 5.73 Å². The van der Waals surface area contributed by atoms with Crippen molar-refractivity contribution in [2.45, 2.75) is 62.9 Å². The van der Waals surface area contributed by atoms with E-state index in [1.54, 1.807) is 0 Å². The van der Waals surface area contributed by atoms with Gasteiger partial charge in [0.1, 0.15) is 6.04 Å². The second kappa shape index (κ2) is 8.28. The molecule has 1 saturated carbocycles. The van der Waals surface area contributed by atoms with Gasteiger partial charge >= 0.3 is 6.18 Å². The quantitative estimate of drug-likeness (QED) is 0.836. The van der Waals surface area contributed by atoms with Gasteiger partial charge in [-0.15, -0.1) is 0 Å². The zero-order chi connectivity index (χ0) is 18.7. The van der Waals surface area contributed by atoms with Crippen LogP contribution in [0.15, 0.2) is 30.3 Å². The van der Waals surface area contributed by atoms with Crippen molar-refractivity contribution < 1.29 is 18.3 Å². The van der Waals surface area contributed by atoms with Crippen LogP contribution in [0.4, 0.5) is 13.2 Å². The normalized spacial score (nSPS) is 29.8. The van der Waals surface area contributed by atoms with Gasteiger partial charge in [0.25, 0.3) is 0 Å². The maximum Gasteiger partial charge on any atom is 0.404 e. The van der Waals surface area contributed by atoms with E-state index in [4.69, 9.17) is 5.73 Å². The summed E-state index contributed by atoms with van der Waals surface area (Å²) in [6.45, 7) is 0.377. The van der Waals surface area contributed by atoms with Crippen molar-refractivity contribution in [1.29, 1.82) is 0 Å². The van der Waals surface area contributed by atoms with E-state index in [0.29, 0.717) is 19.4 Å². The van der Waals surface area contributed by atoms with Gasteiger partial charge in [-0.3, -0.25) is 4.90 Å². The molecule has 1 saturated heterocycles. The lowest BCUT2D eigenvalue weighted by Gasteiger charge is -2.48. The standard InChI is InChI=1S/C20H29F3N2O/c21-20(22,23)19-16-9-5-4-8-15(16)10-11-25(19)13-18(26)17(24)12-14-6-2-1-3-7-14/h1-3,6-7,15-19,26H,4-5,8-13,24H2/t15-,16-,17-,18+,19+/m0/s1. The van der Waals surface area contributed by atoms with E-state index >= 15 is 0 Å². The van der Waals surface area contributed by atoms with Crippen molar-refractivity contribution in [3.05, 3.63) is 35.9 Å². The van der Waals surface area contributed by atoms with Gasteiger partial charge in [-0.25, -0.2) is 0 Å². The molecule has 0 unspecified atom stereocenters. The minimum absolute atomic E-state index is 0.0125. The molecule has 2 fully saturated rings. The van der Waals surface area contributed by atoms with Gasteiger partial charge in [0.05, 0.1) is 6.10 Å². The summed E-state index contributed by atoms with van der Waals surface area (Å²) in [5.41, 5.74) is 7.08. The van der Waals surface area contributed by atoms with Crippen LogP contribution in [-0.2, 0) is 6.42 Å². The van der Waals surface area contributed by atoms with E-state index in [1.807, 2.05) is 30.3 Å². The fourth-order valence-electron chi connectivity index (χ4n) is 4.80. The summed E-state index contributed by atoms with van der Waals surface area (Å²) in [5.74, 6) is -0.170. The molecule has 0 bridgehead atoms. The number of benzene rings is 1. The van der Waals surface area contributed by atoms with Gasteiger partial charge in [0.2, 0.25) is 0 Å². The number of β-amino-alcohol motifs (C(OH)–C–C–N with tert-alkyl or cyclic N) is 1. The van der Waals surface area contributed by atoms with Crippen molar-refractivity contribution in [2.75, 3.05) is 13.1 Å². The Balaban J connectivity index is 1.66.